The highest BCUT2D eigenvalue weighted by Crippen LogP contribution is 2.30. The highest BCUT2D eigenvalue weighted by Gasteiger charge is 2.04. The van der Waals surface area contributed by atoms with Crippen LogP contribution in [0, 0.1) is 0 Å². The van der Waals surface area contributed by atoms with Crippen molar-refractivity contribution in [2.24, 2.45) is 5.84 Å². The van der Waals surface area contributed by atoms with Gasteiger partial charge in [0.15, 0.2) is 5.13 Å². The number of hydrogen-bond donors (Lipinski definition) is 2. The fraction of sp³-hybridized carbons (Fsp3) is 0. The van der Waals surface area contributed by atoms with E-state index >= 15 is 0 Å². The molecule has 0 fully saturated rings. The van der Waals surface area contributed by atoms with Gasteiger partial charge in [0.05, 0.1) is 10.2 Å². The number of hydrazine groups is 1. The molecule has 1 aromatic carbocycles. The van der Waals surface area contributed by atoms with Gasteiger partial charge in [0.1, 0.15) is 0 Å². The number of para-hydroxylation sites is 1. The topological polar surface area (TPSA) is 50.9 Å². The van der Waals surface area contributed by atoms with E-state index in [1.807, 2.05) is 18.2 Å². The van der Waals surface area contributed by atoms with Crippen molar-refractivity contribution in [2.45, 2.75) is 0 Å². The molecule has 0 amide bonds. The Kier molecular flexibility index (Phi) is 2.00. The zero-order chi connectivity index (χ0) is 8.55. The van der Waals surface area contributed by atoms with E-state index in [-0.39, 0.29) is 0 Å². The Bertz CT molecular complexity index is 412. The lowest BCUT2D eigenvalue weighted by Crippen LogP contribution is -2.05. The summed E-state index contributed by atoms with van der Waals surface area (Å²) in [7, 11) is 0. The lowest BCUT2D eigenvalue weighted by Gasteiger charge is -1.88. The van der Waals surface area contributed by atoms with Crippen LogP contribution in [0.15, 0.2) is 22.7 Å². The van der Waals surface area contributed by atoms with Crippen LogP contribution in [-0.2, 0) is 0 Å². The lowest BCUT2D eigenvalue weighted by atomic mass is 10.3. The summed E-state index contributed by atoms with van der Waals surface area (Å²) in [6.45, 7) is 0. The SMILES string of the molecule is NNc1nc2c(Br)cccc2s1. The van der Waals surface area contributed by atoms with Crippen molar-refractivity contribution in [1.29, 1.82) is 0 Å². The summed E-state index contributed by atoms with van der Waals surface area (Å²) in [5.74, 6) is 5.25. The molecule has 0 aliphatic rings. The van der Waals surface area contributed by atoms with Crippen molar-refractivity contribution in [3.05, 3.63) is 22.7 Å². The summed E-state index contributed by atoms with van der Waals surface area (Å²) in [6.07, 6.45) is 0. The van der Waals surface area contributed by atoms with Crippen LogP contribution in [0.2, 0.25) is 0 Å². The average molecular weight is 244 g/mol. The van der Waals surface area contributed by atoms with Gasteiger partial charge in [-0.3, -0.25) is 5.43 Å². The summed E-state index contributed by atoms with van der Waals surface area (Å²) >= 11 is 4.95. The fourth-order valence-electron chi connectivity index (χ4n) is 0.977. The molecule has 0 radical (unpaired) electrons. The standard InChI is InChI=1S/C7H6BrN3S/c8-4-2-1-3-5-6(4)10-7(11-9)12-5/h1-3H,9H2,(H,10,11). The van der Waals surface area contributed by atoms with Crippen molar-refractivity contribution >= 4 is 42.6 Å². The summed E-state index contributed by atoms with van der Waals surface area (Å²) in [5.41, 5.74) is 3.48. The van der Waals surface area contributed by atoms with Crippen molar-refractivity contribution in [3.63, 3.8) is 0 Å². The molecule has 0 aliphatic carbocycles. The maximum Gasteiger partial charge on any atom is 0.198 e. The first kappa shape index (κ1) is 7.97. The van der Waals surface area contributed by atoms with Crippen molar-refractivity contribution in [1.82, 2.24) is 4.98 Å². The number of nitrogens with two attached hydrogens (primary N) is 1. The second-order valence-electron chi connectivity index (χ2n) is 2.25. The van der Waals surface area contributed by atoms with Crippen LogP contribution in [0.1, 0.15) is 0 Å². The van der Waals surface area contributed by atoms with E-state index in [4.69, 9.17) is 5.84 Å². The number of thiazole rings is 1. The first-order chi connectivity index (χ1) is 5.81. The van der Waals surface area contributed by atoms with E-state index < -0.39 is 0 Å². The first-order valence-corrected chi connectivity index (χ1v) is 4.94. The number of halogens is 1. The van der Waals surface area contributed by atoms with Gasteiger partial charge in [0.2, 0.25) is 0 Å². The van der Waals surface area contributed by atoms with E-state index in [2.05, 4.69) is 26.3 Å². The molecule has 0 atom stereocenters. The third kappa shape index (κ3) is 1.20. The van der Waals surface area contributed by atoms with E-state index in [0.717, 1.165) is 19.8 Å². The molecule has 0 saturated carbocycles. The number of nitrogens with zero attached hydrogens (tertiary/aromatic N) is 1. The lowest BCUT2D eigenvalue weighted by molar-refractivity contribution is 1.31. The zero-order valence-corrected chi connectivity index (χ0v) is 8.45. The quantitative estimate of drug-likeness (QED) is 0.598. The maximum absolute atomic E-state index is 5.25. The third-order valence-electron chi connectivity index (χ3n) is 1.49. The van der Waals surface area contributed by atoms with Gasteiger partial charge in [0.25, 0.3) is 0 Å². The number of benzene rings is 1. The smallest absolute Gasteiger partial charge is 0.198 e. The predicted molar refractivity (Wildman–Crippen MR) is 55.1 cm³/mol. The Hall–Kier alpha value is -0.650. The van der Waals surface area contributed by atoms with Crippen LogP contribution >= 0.6 is 27.3 Å². The fourth-order valence-corrected chi connectivity index (χ4v) is 2.37. The van der Waals surface area contributed by atoms with E-state index in [1.165, 1.54) is 11.3 Å². The van der Waals surface area contributed by atoms with Crippen LogP contribution in [0.25, 0.3) is 10.2 Å². The van der Waals surface area contributed by atoms with Gasteiger partial charge in [-0.15, -0.1) is 0 Å². The average Bonchev–Trinajstić information content (AvgIpc) is 2.49. The molecule has 1 heterocycles. The summed E-state index contributed by atoms with van der Waals surface area (Å²) in [4.78, 5) is 4.27. The molecule has 12 heavy (non-hydrogen) atoms. The largest absolute Gasteiger partial charge is 0.300 e. The van der Waals surface area contributed by atoms with E-state index in [9.17, 15) is 0 Å². The molecule has 3 N–H and O–H groups in total. The van der Waals surface area contributed by atoms with Crippen LogP contribution in [0.3, 0.4) is 0 Å². The van der Waals surface area contributed by atoms with Gasteiger partial charge >= 0.3 is 0 Å². The first-order valence-electron chi connectivity index (χ1n) is 3.33. The number of hydrogen-bond acceptors (Lipinski definition) is 4. The second kappa shape index (κ2) is 3.01. The minimum absolute atomic E-state index is 0.733. The zero-order valence-electron chi connectivity index (χ0n) is 6.04. The monoisotopic (exact) mass is 243 g/mol. The maximum atomic E-state index is 5.25. The van der Waals surface area contributed by atoms with Gasteiger partial charge < -0.3 is 0 Å². The highest BCUT2D eigenvalue weighted by molar-refractivity contribution is 9.10. The molecule has 0 spiro atoms. The molecule has 5 heteroatoms. The normalized spacial score (nSPS) is 10.5. The van der Waals surface area contributed by atoms with Gasteiger partial charge in [-0.25, -0.2) is 10.8 Å². The number of rotatable bonds is 1. The summed E-state index contributed by atoms with van der Waals surface area (Å²) < 4.78 is 2.12. The molecule has 2 aromatic rings. The molecule has 3 nitrogen and oxygen atoms in total. The van der Waals surface area contributed by atoms with Gasteiger partial charge in [-0.2, -0.15) is 0 Å². The van der Waals surface area contributed by atoms with E-state index in [0.29, 0.717) is 0 Å². The second-order valence-corrected chi connectivity index (χ2v) is 4.13. The molecular weight excluding hydrogens is 238 g/mol. The number of anilines is 1. The molecule has 0 bridgehead atoms. The van der Waals surface area contributed by atoms with Gasteiger partial charge in [-0.05, 0) is 28.1 Å². The summed E-state index contributed by atoms with van der Waals surface area (Å²) in [6, 6.07) is 5.95. The minimum atomic E-state index is 0.733. The van der Waals surface area contributed by atoms with Gasteiger partial charge in [-0.1, -0.05) is 17.4 Å². The van der Waals surface area contributed by atoms with Gasteiger partial charge in [0, 0.05) is 4.47 Å². The number of nitrogens with one attached hydrogen (secondary N) is 1. The number of nitrogen functional groups attached to an aromatic ring is 1. The van der Waals surface area contributed by atoms with Crippen molar-refractivity contribution in [3.8, 4) is 0 Å². The van der Waals surface area contributed by atoms with Crippen LogP contribution in [-0.4, -0.2) is 4.98 Å². The molecule has 62 valence electrons. The number of fused-ring (bicyclic) bond motifs is 1. The number of aromatic nitrogens is 1. The molecule has 0 unspecified atom stereocenters. The Morgan fingerprint density at radius 1 is 1.50 bits per heavy atom. The molecule has 0 aliphatic heterocycles. The molecule has 2 rings (SSSR count). The van der Waals surface area contributed by atoms with Crippen LogP contribution in [0.4, 0.5) is 5.13 Å². The van der Waals surface area contributed by atoms with Crippen molar-refractivity contribution in [2.75, 3.05) is 5.43 Å². The Morgan fingerprint density at radius 2 is 2.33 bits per heavy atom. The van der Waals surface area contributed by atoms with E-state index in [1.54, 1.807) is 0 Å². The Morgan fingerprint density at radius 3 is 3.00 bits per heavy atom. The highest BCUT2D eigenvalue weighted by atomic mass is 79.9. The molecular formula is C7H6BrN3S. The minimum Gasteiger partial charge on any atom is -0.300 e. The summed E-state index contributed by atoms with van der Waals surface area (Å²) in [5, 5.41) is 0.733. The third-order valence-corrected chi connectivity index (χ3v) is 3.08. The predicted octanol–water partition coefficient (Wildman–Crippen LogP) is 2.34. The Balaban J connectivity index is 2.74. The van der Waals surface area contributed by atoms with Crippen LogP contribution < -0.4 is 11.3 Å². The van der Waals surface area contributed by atoms with Crippen LogP contribution in [0.5, 0.6) is 0 Å². The molecule has 1 aromatic heterocycles. The van der Waals surface area contributed by atoms with Crippen molar-refractivity contribution < 1.29 is 0 Å². The molecule has 0 saturated heterocycles. The Labute approximate surface area is 81.7 Å².